The van der Waals surface area contributed by atoms with Gasteiger partial charge in [0.25, 0.3) is 0 Å². The molecule has 2 N–H and O–H groups in total. The van der Waals surface area contributed by atoms with Gasteiger partial charge in [-0.3, -0.25) is 4.79 Å². The zero-order valence-corrected chi connectivity index (χ0v) is 14.1. The van der Waals surface area contributed by atoms with E-state index in [1.165, 1.54) is 0 Å². The smallest absolute Gasteiger partial charge is 0.239 e. The molecular weight excluding hydrogens is 248 g/mol. The van der Waals surface area contributed by atoms with Crippen LogP contribution < -0.4 is 5.73 Å². The maximum absolute atomic E-state index is 12.3. The molecule has 0 radical (unpaired) electrons. The monoisotopic (exact) mass is 282 g/mol. The molecule has 0 aromatic rings. The first-order chi connectivity index (χ1) is 9.27. The Kier molecular flexibility index (Phi) is 6.50. The van der Waals surface area contributed by atoms with Crippen molar-refractivity contribution in [2.24, 2.45) is 23.0 Å². The Bertz CT molecular complexity index is 301. The van der Waals surface area contributed by atoms with Crippen LogP contribution in [0.4, 0.5) is 0 Å². The molecular formula is C17H34N2O. The van der Waals surface area contributed by atoms with E-state index in [9.17, 15) is 4.79 Å². The van der Waals surface area contributed by atoms with Crippen LogP contribution in [0, 0.1) is 17.3 Å². The van der Waals surface area contributed by atoms with Crippen molar-refractivity contribution in [1.82, 2.24) is 4.90 Å². The second-order valence-corrected chi connectivity index (χ2v) is 7.57. The maximum Gasteiger partial charge on any atom is 0.239 e. The molecule has 0 aromatic carbocycles. The van der Waals surface area contributed by atoms with E-state index < -0.39 is 0 Å². The van der Waals surface area contributed by atoms with Gasteiger partial charge in [-0.05, 0) is 36.5 Å². The summed E-state index contributed by atoms with van der Waals surface area (Å²) < 4.78 is 0. The Balaban J connectivity index is 2.44. The Morgan fingerprint density at radius 2 is 1.85 bits per heavy atom. The van der Waals surface area contributed by atoms with Gasteiger partial charge >= 0.3 is 0 Å². The molecule has 0 spiro atoms. The number of nitrogens with zero attached hydrogens (tertiary/aromatic N) is 1. The molecule has 20 heavy (non-hydrogen) atoms. The molecule has 1 heterocycles. The molecule has 1 rings (SSSR count). The van der Waals surface area contributed by atoms with Crippen LogP contribution in [0.2, 0.25) is 0 Å². The summed E-state index contributed by atoms with van der Waals surface area (Å²) >= 11 is 0. The van der Waals surface area contributed by atoms with Crippen molar-refractivity contribution in [3.05, 3.63) is 0 Å². The van der Waals surface area contributed by atoms with Gasteiger partial charge in [-0.2, -0.15) is 0 Å². The number of nitrogens with two attached hydrogens (primary N) is 1. The van der Waals surface area contributed by atoms with E-state index in [1.807, 2.05) is 4.90 Å². The summed E-state index contributed by atoms with van der Waals surface area (Å²) in [6.07, 6.45) is 5.24. The highest BCUT2D eigenvalue weighted by Gasteiger charge is 2.32. The van der Waals surface area contributed by atoms with E-state index in [4.69, 9.17) is 5.73 Å². The lowest BCUT2D eigenvalue weighted by atomic mass is 9.71. The fourth-order valence-electron chi connectivity index (χ4n) is 3.11. The van der Waals surface area contributed by atoms with Crippen LogP contribution in [0.15, 0.2) is 0 Å². The SMILES string of the molecule is CCCC[C@@H](N)C(=O)N1CCC([C@@H](C)C(C)(C)C)CC1. The maximum atomic E-state index is 12.3. The average Bonchev–Trinajstić information content (AvgIpc) is 2.42. The van der Waals surface area contributed by atoms with Gasteiger partial charge in [0.1, 0.15) is 0 Å². The van der Waals surface area contributed by atoms with Crippen molar-refractivity contribution in [3.63, 3.8) is 0 Å². The van der Waals surface area contributed by atoms with E-state index in [-0.39, 0.29) is 11.9 Å². The highest BCUT2D eigenvalue weighted by Crippen LogP contribution is 2.37. The van der Waals surface area contributed by atoms with Gasteiger partial charge in [-0.25, -0.2) is 0 Å². The van der Waals surface area contributed by atoms with Crippen LogP contribution in [0.1, 0.15) is 66.7 Å². The molecule has 1 aliphatic heterocycles. The summed E-state index contributed by atoms with van der Waals surface area (Å²) in [6.45, 7) is 13.2. The van der Waals surface area contributed by atoms with Crippen LogP contribution >= 0.6 is 0 Å². The second-order valence-electron chi connectivity index (χ2n) is 7.57. The lowest BCUT2D eigenvalue weighted by molar-refractivity contribution is -0.134. The first-order valence-electron chi connectivity index (χ1n) is 8.31. The summed E-state index contributed by atoms with van der Waals surface area (Å²) in [5.74, 6) is 1.61. The van der Waals surface area contributed by atoms with Gasteiger partial charge < -0.3 is 10.6 Å². The highest BCUT2D eigenvalue weighted by atomic mass is 16.2. The lowest BCUT2D eigenvalue weighted by Crippen LogP contribution is -2.48. The zero-order chi connectivity index (χ0) is 15.3. The normalized spacial score (nSPS) is 20.8. The molecule has 1 aliphatic rings. The minimum absolute atomic E-state index is 0.167. The van der Waals surface area contributed by atoms with Crippen LogP contribution in [-0.4, -0.2) is 29.9 Å². The number of rotatable bonds is 5. The first-order valence-corrected chi connectivity index (χ1v) is 8.31. The number of piperidine rings is 1. The molecule has 3 nitrogen and oxygen atoms in total. The number of unbranched alkanes of at least 4 members (excludes halogenated alkanes) is 1. The van der Waals surface area contributed by atoms with Crippen LogP contribution in [0.3, 0.4) is 0 Å². The fourth-order valence-corrected chi connectivity index (χ4v) is 3.11. The Labute approximate surface area is 125 Å². The van der Waals surface area contributed by atoms with Crippen molar-refractivity contribution in [1.29, 1.82) is 0 Å². The van der Waals surface area contributed by atoms with Crippen LogP contribution in [0.25, 0.3) is 0 Å². The second kappa shape index (κ2) is 7.44. The van der Waals surface area contributed by atoms with Crippen molar-refractivity contribution < 1.29 is 4.79 Å². The summed E-state index contributed by atoms with van der Waals surface area (Å²) in [5.41, 5.74) is 6.36. The van der Waals surface area contributed by atoms with Crippen molar-refractivity contribution >= 4 is 5.91 Å². The Morgan fingerprint density at radius 1 is 1.30 bits per heavy atom. The van der Waals surface area contributed by atoms with Crippen molar-refractivity contribution in [2.45, 2.75) is 72.8 Å². The third-order valence-electron chi connectivity index (χ3n) is 5.11. The summed E-state index contributed by atoms with van der Waals surface area (Å²) in [6, 6.07) is -0.286. The Hall–Kier alpha value is -0.570. The summed E-state index contributed by atoms with van der Waals surface area (Å²) in [7, 11) is 0. The van der Waals surface area contributed by atoms with Gasteiger partial charge in [-0.1, -0.05) is 47.5 Å². The minimum Gasteiger partial charge on any atom is -0.341 e. The molecule has 0 bridgehead atoms. The number of hydrogen-bond acceptors (Lipinski definition) is 2. The van der Waals surface area contributed by atoms with E-state index >= 15 is 0 Å². The molecule has 1 saturated heterocycles. The van der Waals surface area contributed by atoms with Gasteiger partial charge in [0.15, 0.2) is 0 Å². The molecule has 3 heteroatoms. The number of amides is 1. The number of hydrogen-bond donors (Lipinski definition) is 1. The molecule has 1 fully saturated rings. The lowest BCUT2D eigenvalue weighted by Gasteiger charge is -2.40. The van der Waals surface area contributed by atoms with Gasteiger partial charge in [0, 0.05) is 13.1 Å². The van der Waals surface area contributed by atoms with E-state index in [0.29, 0.717) is 11.3 Å². The molecule has 0 aromatic heterocycles. The third kappa shape index (κ3) is 4.76. The van der Waals surface area contributed by atoms with Crippen LogP contribution in [-0.2, 0) is 4.79 Å². The topological polar surface area (TPSA) is 46.3 Å². The molecule has 1 amide bonds. The quantitative estimate of drug-likeness (QED) is 0.840. The molecule has 118 valence electrons. The van der Waals surface area contributed by atoms with Gasteiger partial charge in [-0.15, -0.1) is 0 Å². The number of carbonyl (C=O) groups is 1. The minimum atomic E-state index is -0.286. The molecule has 0 unspecified atom stereocenters. The summed E-state index contributed by atoms with van der Waals surface area (Å²) in [4.78, 5) is 14.3. The summed E-state index contributed by atoms with van der Waals surface area (Å²) in [5, 5.41) is 0. The number of likely N-dealkylation sites (tertiary alicyclic amines) is 1. The predicted molar refractivity (Wildman–Crippen MR) is 85.4 cm³/mol. The predicted octanol–water partition coefficient (Wildman–Crippen LogP) is 3.42. The largest absolute Gasteiger partial charge is 0.341 e. The molecule has 0 aliphatic carbocycles. The van der Waals surface area contributed by atoms with E-state index in [1.54, 1.807) is 0 Å². The standard InChI is InChI=1S/C17H34N2O/c1-6-7-8-15(18)16(20)19-11-9-14(10-12-19)13(2)17(3,4)5/h13-15H,6-12,18H2,1-5H3/t13-,15-/m1/s1. The van der Waals surface area contributed by atoms with Crippen molar-refractivity contribution in [3.8, 4) is 0 Å². The molecule has 0 saturated carbocycles. The number of carbonyl (C=O) groups excluding carboxylic acids is 1. The fraction of sp³-hybridized carbons (Fsp3) is 0.941. The third-order valence-corrected chi connectivity index (χ3v) is 5.11. The van der Waals surface area contributed by atoms with Gasteiger partial charge in [0.05, 0.1) is 6.04 Å². The average molecular weight is 282 g/mol. The van der Waals surface area contributed by atoms with Crippen molar-refractivity contribution in [2.75, 3.05) is 13.1 Å². The van der Waals surface area contributed by atoms with Crippen LogP contribution in [0.5, 0.6) is 0 Å². The zero-order valence-electron chi connectivity index (χ0n) is 14.1. The molecule has 2 atom stereocenters. The highest BCUT2D eigenvalue weighted by molar-refractivity contribution is 5.81. The van der Waals surface area contributed by atoms with E-state index in [0.717, 1.165) is 51.1 Å². The first kappa shape index (κ1) is 17.5. The van der Waals surface area contributed by atoms with Gasteiger partial charge in [0.2, 0.25) is 5.91 Å². The Morgan fingerprint density at radius 3 is 2.30 bits per heavy atom. The van der Waals surface area contributed by atoms with E-state index in [2.05, 4.69) is 34.6 Å².